The molecule has 1 heterocycles. The van der Waals surface area contributed by atoms with E-state index in [4.69, 9.17) is 4.74 Å². The van der Waals surface area contributed by atoms with E-state index >= 15 is 0 Å². The summed E-state index contributed by atoms with van der Waals surface area (Å²) in [6.07, 6.45) is 1.38. The summed E-state index contributed by atoms with van der Waals surface area (Å²) in [6.45, 7) is 1.30. The van der Waals surface area contributed by atoms with Crippen LogP contribution in [0.1, 0.15) is 19.3 Å². The molecule has 2 rings (SSSR count). The Kier molecular flexibility index (Phi) is 6.02. The van der Waals surface area contributed by atoms with Crippen molar-refractivity contribution in [2.75, 3.05) is 25.5 Å². The second kappa shape index (κ2) is 7.77. The molecule has 1 fully saturated rings. The van der Waals surface area contributed by atoms with E-state index in [1.165, 1.54) is 17.8 Å². The van der Waals surface area contributed by atoms with Gasteiger partial charge in [0.15, 0.2) is 0 Å². The molecule has 116 valence electrons. The molecule has 21 heavy (non-hydrogen) atoms. The van der Waals surface area contributed by atoms with Crippen molar-refractivity contribution >= 4 is 17.7 Å². The molecular weight excluding hydrogens is 293 g/mol. The fourth-order valence-corrected chi connectivity index (χ4v) is 2.98. The SMILES string of the molecule is O=C(CCSc1ccccc1F)NCC1(O)CCOCC1. The van der Waals surface area contributed by atoms with E-state index in [9.17, 15) is 14.3 Å². The number of rotatable bonds is 6. The van der Waals surface area contributed by atoms with Gasteiger partial charge in [-0.05, 0) is 12.1 Å². The van der Waals surface area contributed by atoms with Crippen molar-refractivity contribution in [1.82, 2.24) is 5.32 Å². The molecule has 0 aromatic heterocycles. The molecular formula is C15H20FNO3S. The van der Waals surface area contributed by atoms with E-state index in [0.717, 1.165) is 0 Å². The highest BCUT2D eigenvalue weighted by molar-refractivity contribution is 7.99. The number of thioether (sulfide) groups is 1. The van der Waals surface area contributed by atoms with Gasteiger partial charge in [0.25, 0.3) is 0 Å². The highest BCUT2D eigenvalue weighted by Crippen LogP contribution is 2.22. The van der Waals surface area contributed by atoms with E-state index in [1.54, 1.807) is 18.2 Å². The van der Waals surface area contributed by atoms with Gasteiger partial charge in [-0.25, -0.2) is 4.39 Å². The topological polar surface area (TPSA) is 58.6 Å². The molecule has 1 amide bonds. The van der Waals surface area contributed by atoms with Gasteiger partial charge in [0.2, 0.25) is 5.91 Å². The van der Waals surface area contributed by atoms with Crippen LogP contribution in [0.15, 0.2) is 29.2 Å². The highest BCUT2D eigenvalue weighted by Gasteiger charge is 2.29. The zero-order valence-electron chi connectivity index (χ0n) is 11.8. The number of hydrogen-bond donors (Lipinski definition) is 2. The Bertz CT molecular complexity index is 478. The van der Waals surface area contributed by atoms with Crippen LogP contribution in [0.3, 0.4) is 0 Å². The van der Waals surface area contributed by atoms with Gasteiger partial charge >= 0.3 is 0 Å². The van der Waals surface area contributed by atoms with Crippen LogP contribution in [0.5, 0.6) is 0 Å². The standard InChI is InChI=1S/C15H20FNO3S/c16-12-3-1-2-4-13(12)21-10-5-14(18)17-11-15(19)6-8-20-9-7-15/h1-4,19H,5-11H2,(H,17,18). The van der Waals surface area contributed by atoms with E-state index in [-0.39, 0.29) is 18.3 Å². The van der Waals surface area contributed by atoms with Gasteiger partial charge in [0.1, 0.15) is 5.82 Å². The lowest BCUT2D eigenvalue weighted by Gasteiger charge is -2.32. The van der Waals surface area contributed by atoms with Crippen LogP contribution >= 0.6 is 11.8 Å². The van der Waals surface area contributed by atoms with Crippen molar-refractivity contribution in [3.05, 3.63) is 30.1 Å². The monoisotopic (exact) mass is 313 g/mol. The summed E-state index contributed by atoms with van der Waals surface area (Å²) in [7, 11) is 0. The van der Waals surface area contributed by atoms with E-state index in [1.807, 2.05) is 0 Å². The Hall–Kier alpha value is -1.11. The number of benzene rings is 1. The number of amides is 1. The predicted molar refractivity (Wildman–Crippen MR) is 79.8 cm³/mol. The van der Waals surface area contributed by atoms with Gasteiger partial charge in [-0.15, -0.1) is 11.8 Å². The largest absolute Gasteiger partial charge is 0.388 e. The number of halogens is 1. The first-order valence-electron chi connectivity index (χ1n) is 7.03. The van der Waals surface area contributed by atoms with Crippen molar-refractivity contribution < 1.29 is 19.0 Å². The molecule has 0 spiro atoms. The molecule has 2 N–H and O–H groups in total. The van der Waals surface area contributed by atoms with Crippen LogP contribution in [-0.4, -0.2) is 42.1 Å². The Morgan fingerprint density at radius 1 is 1.38 bits per heavy atom. The molecule has 0 radical (unpaired) electrons. The minimum absolute atomic E-state index is 0.126. The number of carbonyl (C=O) groups is 1. The molecule has 1 aliphatic heterocycles. The molecule has 0 aliphatic carbocycles. The molecule has 6 heteroatoms. The summed E-state index contributed by atoms with van der Waals surface area (Å²) < 4.78 is 18.6. The lowest BCUT2D eigenvalue weighted by atomic mass is 9.94. The van der Waals surface area contributed by atoms with E-state index in [0.29, 0.717) is 43.1 Å². The smallest absolute Gasteiger partial charge is 0.220 e. The second-order valence-electron chi connectivity index (χ2n) is 5.14. The molecule has 1 aromatic carbocycles. The Balaban J connectivity index is 1.67. The van der Waals surface area contributed by atoms with Gasteiger partial charge in [-0.1, -0.05) is 12.1 Å². The van der Waals surface area contributed by atoms with Gasteiger partial charge in [-0.2, -0.15) is 0 Å². The fraction of sp³-hybridized carbons (Fsp3) is 0.533. The summed E-state index contributed by atoms with van der Waals surface area (Å²) in [6, 6.07) is 6.51. The van der Waals surface area contributed by atoms with Crippen LogP contribution in [0, 0.1) is 5.82 Å². The first-order valence-corrected chi connectivity index (χ1v) is 8.02. The van der Waals surface area contributed by atoms with Gasteiger partial charge in [0.05, 0.1) is 5.60 Å². The van der Waals surface area contributed by atoms with Gasteiger partial charge < -0.3 is 15.2 Å². The summed E-state index contributed by atoms with van der Waals surface area (Å²) in [4.78, 5) is 12.3. The first-order chi connectivity index (χ1) is 10.1. The maximum Gasteiger partial charge on any atom is 0.220 e. The highest BCUT2D eigenvalue weighted by atomic mass is 32.2. The van der Waals surface area contributed by atoms with Gasteiger partial charge in [-0.3, -0.25) is 4.79 Å². The third kappa shape index (κ3) is 5.30. The second-order valence-corrected chi connectivity index (χ2v) is 6.28. The summed E-state index contributed by atoms with van der Waals surface area (Å²) >= 11 is 1.32. The first kappa shape index (κ1) is 16.3. The average molecular weight is 313 g/mol. The van der Waals surface area contributed by atoms with E-state index in [2.05, 4.69) is 5.32 Å². The van der Waals surface area contributed by atoms with Crippen LogP contribution in [0.2, 0.25) is 0 Å². The molecule has 4 nitrogen and oxygen atoms in total. The van der Waals surface area contributed by atoms with Crippen molar-refractivity contribution in [3.63, 3.8) is 0 Å². The van der Waals surface area contributed by atoms with Crippen LogP contribution < -0.4 is 5.32 Å². The maximum absolute atomic E-state index is 13.4. The molecule has 0 unspecified atom stereocenters. The van der Waals surface area contributed by atoms with Crippen LogP contribution in [-0.2, 0) is 9.53 Å². The van der Waals surface area contributed by atoms with Gasteiger partial charge in [0, 0.05) is 49.7 Å². The normalized spacial score (nSPS) is 17.4. The molecule has 1 aromatic rings. The molecule has 1 saturated heterocycles. The number of ether oxygens (including phenoxy) is 1. The van der Waals surface area contributed by atoms with Crippen molar-refractivity contribution in [3.8, 4) is 0 Å². The summed E-state index contributed by atoms with van der Waals surface area (Å²) in [5.74, 6) is 0.118. The zero-order valence-corrected chi connectivity index (χ0v) is 12.6. The number of nitrogens with one attached hydrogen (secondary N) is 1. The van der Waals surface area contributed by atoms with Crippen LogP contribution in [0.25, 0.3) is 0 Å². The molecule has 1 aliphatic rings. The third-order valence-corrected chi connectivity index (χ3v) is 4.51. The molecule has 0 bridgehead atoms. The summed E-state index contributed by atoms with van der Waals surface area (Å²) in [5, 5.41) is 13.0. The van der Waals surface area contributed by atoms with Crippen molar-refractivity contribution in [2.45, 2.75) is 29.8 Å². The minimum Gasteiger partial charge on any atom is -0.388 e. The Morgan fingerprint density at radius 2 is 2.10 bits per heavy atom. The molecule has 0 atom stereocenters. The van der Waals surface area contributed by atoms with Crippen molar-refractivity contribution in [2.24, 2.45) is 0 Å². The lowest BCUT2D eigenvalue weighted by molar-refractivity contribution is -0.123. The average Bonchev–Trinajstić information content (AvgIpc) is 2.48. The van der Waals surface area contributed by atoms with E-state index < -0.39 is 5.60 Å². The number of hydrogen-bond acceptors (Lipinski definition) is 4. The Morgan fingerprint density at radius 3 is 2.81 bits per heavy atom. The zero-order chi connectivity index (χ0) is 15.1. The maximum atomic E-state index is 13.4. The lowest BCUT2D eigenvalue weighted by Crippen LogP contribution is -2.46. The third-order valence-electron chi connectivity index (χ3n) is 3.46. The van der Waals surface area contributed by atoms with Crippen molar-refractivity contribution in [1.29, 1.82) is 0 Å². The number of carbonyl (C=O) groups excluding carboxylic acids is 1. The Labute approximate surface area is 128 Å². The summed E-state index contributed by atoms with van der Waals surface area (Å²) in [5.41, 5.74) is -0.855. The quantitative estimate of drug-likeness (QED) is 0.788. The fourth-order valence-electron chi connectivity index (χ4n) is 2.10. The molecule has 0 saturated carbocycles. The number of aliphatic hydroxyl groups is 1. The van der Waals surface area contributed by atoms with Crippen LogP contribution in [0.4, 0.5) is 4.39 Å². The predicted octanol–water partition coefficient (Wildman–Crippen LogP) is 1.97. The minimum atomic E-state index is -0.855.